The quantitative estimate of drug-likeness (QED) is 0.539. The molecule has 0 fully saturated rings. The van der Waals surface area contributed by atoms with Gasteiger partial charge in [-0.15, -0.1) is 0 Å². The zero-order valence-corrected chi connectivity index (χ0v) is 17.9. The third-order valence-electron chi connectivity index (χ3n) is 4.46. The molecule has 1 atom stereocenters. The van der Waals surface area contributed by atoms with Crippen LogP contribution in [0.3, 0.4) is 0 Å². The van der Waals surface area contributed by atoms with E-state index >= 15 is 0 Å². The molecule has 0 saturated carbocycles. The summed E-state index contributed by atoms with van der Waals surface area (Å²) < 4.78 is 40.8. The molecule has 1 amide bonds. The molecule has 0 aliphatic carbocycles. The van der Waals surface area contributed by atoms with Gasteiger partial charge < -0.3 is 5.32 Å². The van der Waals surface area contributed by atoms with Crippen LogP contribution in [0.1, 0.15) is 26.7 Å². The Hall–Kier alpha value is -2.58. The number of sulfone groups is 1. The minimum Gasteiger partial charge on any atom is -0.350 e. The van der Waals surface area contributed by atoms with Gasteiger partial charge in [0.2, 0.25) is 0 Å². The van der Waals surface area contributed by atoms with E-state index in [1.165, 1.54) is 31.5 Å². The number of pyridine rings is 1. The van der Waals surface area contributed by atoms with Gasteiger partial charge in [-0.3, -0.25) is 9.78 Å². The molecule has 3 rings (SSSR count). The predicted molar refractivity (Wildman–Crippen MR) is 112 cm³/mol. The molecule has 1 heterocycles. The summed E-state index contributed by atoms with van der Waals surface area (Å²) in [6.45, 7) is 1.34. The standard InChI is InChI=1S/C21H18BrFN2O3S/c1-14-11-16(8-9-19(14)23)29(27,28)20(15-5-4-10-24-12-15)13-25-21(26)17-6-2-3-7-18(17)22/h2-12,20H,13H2,1H3,(H,25,26)/t20-/m0/s1. The van der Waals surface area contributed by atoms with E-state index in [-0.39, 0.29) is 17.0 Å². The van der Waals surface area contributed by atoms with E-state index in [9.17, 15) is 17.6 Å². The summed E-state index contributed by atoms with van der Waals surface area (Å²) in [6, 6.07) is 13.8. The minimum atomic E-state index is -3.91. The van der Waals surface area contributed by atoms with E-state index in [1.54, 1.807) is 36.4 Å². The lowest BCUT2D eigenvalue weighted by atomic mass is 10.2. The Balaban J connectivity index is 1.94. The van der Waals surface area contributed by atoms with Crippen molar-refractivity contribution < 1.29 is 17.6 Å². The van der Waals surface area contributed by atoms with Gasteiger partial charge in [0.25, 0.3) is 5.91 Å². The van der Waals surface area contributed by atoms with E-state index in [0.717, 1.165) is 6.07 Å². The molecule has 0 saturated heterocycles. The minimum absolute atomic E-state index is 0.0135. The number of aromatic nitrogens is 1. The van der Waals surface area contributed by atoms with Gasteiger partial charge in [0.15, 0.2) is 9.84 Å². The van der Waals surface area contributed by atoms with Gasteiger partial charge in [-0.1, -0.05) is 18.2 Å². The molecule has 0 unspecified atom stereocenters. The third-order valence-corrected chi connectivity index (χ3v) is 7.25. The van der Waals surface area contributed by atoms with Crippen molar-refractivity contribution in [2.75, 3.05) is 6.54 Å². The maximum Gasteiger partial charge on any atom is 0.252 e. The summed E-state index contributed by atoms with van der Waals surface area (Å²) in [7, 11) is -3.91. The molecule has 150 valence electrons. The first-order valence-corrected chi connectivity index (χ1v) is 11.1. The fourth-order valence-corrected chi connectivity index (χ4v) is 5.05. The maximum atomic E-state index is 13.6. The fraction of sp³-hybridized carbons (Fsp3) is 0.143. The largest absolute Gasteiger partial charge is 0.350 e. The van der Waals surface area contributed by atoms with Crippen LogP contribution in [0.5, 0.6) is 0 Å². The van der Waals surface area contributed by atoms with Crippen molar-refractivity contribution >= 4 is 31.7 Å². The average molecular weight is 477 g/mol. The van der Waals surface area contributed by atoms with Crippen molar-refractivity contribution in [3.63, 3.8) is 0 Å². The monoisotopic (exact) mass is 476 g/mol. The van der Waals surface area contributed by atoms with Crippen LogP contribution < -0.4 is 5.32 Å². The summed E-state index contributed by atoms with van der Waals surface area (Å²) in [5.41, 5.74) is 1.06. The number of nitrogens with zero attached hydrogens (tertiary/aromatic N) is 1. The Labute approximate surface area is 177 Å². The molecule has 0 radical (unpaired) electrons. The number of hydrogen-bond donors (Lipinski definition) is 1. The molecule has 0 aliphatic heterocycles. The Morgan fingerprint density at radius 3 is 2.59 bits per heavy atom. The topological polar surface area (TPSA) is 76.1 Å². The van der Waals surface area contributed by atoms with E-state index in [1.807, 2.05) is 0 Å². The number of nitrogens with one attached hydrogen (secondary N) is 1. The second-order valence-electron chi connectivity index (χ2n) is 6.42. The molecule has 5 nitrogen and oxygen atoms in total. The molecule has 0 bridgehead atoms. The molecule has 0 spiro atoms. The van der Waals surface area contributed by atoms with Crippen LogP contribution >= 0.6 is 15.9 Å². The van der Waals surface area contributed by atoms with Crippen molar-refractivity contribution in [3.05, 3.63) is 94.0 Å². The van der Waals surface area contributed by atoms with Crippen molar-refractivity contribution in [1.82, 2.24) is 10.3 Å². The molecule has 3 aromatic rings. The first kappa shape index (κ1) is 21.1. The Morgan fingerprint density at radius 1 is 1.17 bits per heavy atom. The lowest BCUT2D eigenvalue weighted by molar-refractivity contribution is 0.0953. The van der Waals surface area contributed by atoms with Crippen molar-refractivity contribution in [2.45, 2.75) is 17.1 Å². The van der Waals surface area contributed by atoms with Crippen LogP contribution in [0, 0.1) is 12.7 Å². The van der Waals surface area contributed by atoms with Crippen molar-refractivity contribution in [3.8, 4) is 0 Å². The smallest absolute Gasteiger partial charge is 0.252 e. The number of amides is 1. The van der Waals surface area contributed by atoms with Crippen LogP contribution in [0.25, 0.3) is 0 Å². The number of halogens is 2. The van der Waals surface area contributed by atoms with E-state index < -0.39 is 26.8 Å². The summed E-state index contributed by atoms with van der Waals surface area (Å²) in [6.07, 6.45) is 2.98. The maximum absolute atomic E-state index is 13.6. The number of benzene rings is 2. The van der Waals surface area contributed by atoms with E-state index in [2.05, 4.69) is 26.2 Å². The van der Waals surface area contributed by atoms with Gasteiger partial charge >= 0.3 is 0 Å². The van der Waals surface area contributed by atoms with Gasteiger partial charge in [-0.2, -0.15) is 0 Å². The second-order valence-corrected chi connectivity index (χ2v) is 9.41. The zero-order valence-electron chi connectivity index (χ0n) is 15.5. The van der Waals surface area contributed by atoms with Crippen molar-refractivity contribution in [1.29, 1.82) is 0 Å². The second kappa shape index (κ2) is 8.84. The third kappa shape index (κ3) is 4.71. The number of aryl methyl sites for hydroxylation is 1. The van der Waals surface area contributed by atoms with Crippen LogP contribution in [0.4, 0.5) is 4.39 Å². The lowest BCUT2D eigenvalue weighted by Gasteiger charge is -2.19. The number of hydrogen-bond acceptors (Lipinski definition) is 4. The molecule has 8 heteroatoms. The normalized spacial score (nSPS) is 12.4. The van der Waals surface area contributed by atoms with Crippen LogP contribution in [0.2, 0.25) is 0 Å². The number of carbonyl (C=O) groups excluding carboxylic acids is 1. The summed E-state index contributed by atoms with van der Waals surface area (Å²) in [4.78, 5) is 16.5. The predicted octanol–water partition coefficient (Wildman–Crippen LogP) is 4.24. The summed E-state index contributed by atoms with van der Waals surface area (Å²) >= 11 is 3.32. The SMILES string of the molecule is Cc1cc(S(=O)(=O)[C@@H](CNC(=O)c2ccccc2Br)c2cccnc2)ccc1F. The summed E-state index contributed by atoms with van der Waals surface area (Å²) in [5.74, 6) is -0.888. The molecule has 29 heavy (non-hydrogen) atoms. The van der Waals surface area contributed by atoms with Crippen LogP contribution in [-0.4, -0.2) is 25.9 Å². The average Bonchev–Trinajstić information content (AvgIpc) is 2.71. The molecule has 0 aliphatic rings. The number of rotatable bonds is 6. The first-order chi connectivity index (χ1) is 13.8. The van der Waals surface area contributed by atoms with Crippen LogP contribution in [-0.2, 0) is 9.84 Å². The molecular weight excluding hydrogens is 459 g/mol. The van der Waals surface area contributed by atoms with Crippen LogP contribution in [0.15, 0.2) is 76.4 Å². The Morgan fingerprint density at radius 2 is 1.93 bits per heavy atom. The van der Waals surface area contributed by atoms with Gasteiger partial charge in [0.1, 0.15) is 11.1 Å². The highest BCUT2D eigenvalue weighted by Crippen LogP contribution is 2.29. The van der Waals surface area contributed by atoms with Gasteiger partial charge in [0.05, 0.1) is 10.5 Å². The van der Waals surface area contributed by atoms with Gasteiger partial charge in [0, 0.05) is 23.4 Å². The molecule has 1 N–H and O–H groups in total. The molecule has 2 aromatic carbocycles. The highest BCUT2D eigenvalue weighted by Gasteiger charge is 2.30. The highest BCUT2D eigenvalue weighted by atomic mass is 79.9. The summed E-state index contributed by atoms with van der Waals surface area (Å²) in [5, 5.41) is 1.61. The van der Waals surface area contributed by atoms with E-state index in [0.29, 0.717) is 15.6 Å². The Bertz CT molecular complexity index is 1140. The van der Waals surface area contributed by atoms with E-state index in [4.69, 9.17) is 0 Å². The number of carbonyl (C=O) groups is 1. The highest BCUT2D eigenvalue weighted by molar-refractivity contribution is 9.10. The molecular formula is C21H18BrFN2O3S. The molecule has 1 aromatic heterocycles. The van der Waals surface area contributed by atoms with Gasteiger partial charge in [-0.25, -0.2) is 12.8 Å². The lowest BCUT2D eigenvalue weighted by Crippen LogP contribution is -2.32. The fourth-order valence-electron chi connectivity index (χ4n) is 2.86. The zero-order chi connectivity index (χ0) is 21.0. The Kier molecular flexibility index (Phi) is 6.44. The first-order valence-electron chi connectivity index (χ1n) is 8.73. The van der Waals surface area contributed by atoms with Gasteiger partial charge in [-0.05, 0) is 70.4 Å². The van der Waals surface area contributed by atoms with Crippen molar-refractivity contribution in [2.24, 2.45) is 0 Å².